The van der Waals surface area contributed by atoms with E-state index in [0.717, 1.165) is 38.6 Å². The Labute approximate surface area is 128 Å². The fourth-order valence-electron chi connectivity index (χ4n) is 3.98. The zero-order valence-corrected chi connectivity index (χ0v) is 13.3. The fraction of sp³-hybridized carbons (Fsp3) is 0.824. The van der Waals surface area contributed by atoms with Crippen LogP contribution in [0.4, 0.5) is 0 Å². The minimum Gasteiger partial charge on any atom is -0.393 e. The minimum atomic E-state index is -0.187. The Kier molecular flexibility index (Phi) is 6.24. The molecule has 2 aliphatic rings. The normalized spacial score (nSPS) is 32.4. The first kappa shape index (κ1) is 16.5. The van der Waals surface area contributed by atoms with Crippen LogP contribution in [0, 0.1) is 5.92 Å². The molecule has 1 aliphatic carbocycles. The van der Waals surface area contributed by atoms with Crippen molar-refractivity contribution in [2.75, 3.05) is 13.1 Å². The van der Waals surface area contributed by atoms with Crippen LogP contribution in [0.5, 0.6) is 0 Å². The lowest BCUT2D eigenvalue weighted by Gasteiger charge is -2.45. The summed E-state index contributed by atoms with van der Waals surface area (Å²) >= 11 is 0. The molecule has 4 nitrogen and oxygen atoms in total. The maximum atomic E-state index is 12.2. The molecule has 4 atom stereocenters. The van der Waals surface area contributed by atoms with E-state index >= 15 is 0 Å². The van der Waals surface area contributed by atoms with Crippen molar-refractivity contribution in [3.05, 3.63) is 12.7 Å². The number of likely N-dealkylation sites (tertiary alicyclic amines) is 1. The summed E-state index contributed by atoms with van der Waals surface area (Å²) in [6.45, 7) is 7.12. The van der Waals surface area contributed by atoms with Crippen molar-refractivity contribution in [3.8, 4) is 0 Å². The summed E-state index contributed by atoms with van der Waals surface area (Å²) in [7, 11) is 0. The summed E-state index contributed by atoms with van der Waals surface area (Å²) in [5, 5.41) is 13.3. The molecule has 1 amide bonds. The second-order valence-electron chi connectivity index (χ2n) is 6.53. The zero-order chi connectivity index (χ0) is 15.2. The van der Waals surface area contributed by atoms with Crippen molar-refractivity contribution in [1.82, 2.24) is 10.2 Å². The Morgan fingerprint density at radius 3 is 2.76 bits per heavy atom. The van der Waals surface area contributed by atoms with Crippen LogP contribution in [-0.2, 0) is 4.79 Å². The molecule has 0 aromatic rings. The van der Waals surface area contributed by atoms with E-state index in [9.17, 15) is 9.90 Å². The summed E-state index contributed by atoms with van der Waals surface area (Å²) in [5.74, 6) is 0.417. The highest BCUT2D eigenvalue weighted by atomic mass is 16.3. The number of hydrogen-bond acceptors (Lipinski definition) is 3. The van der Waals surface area contributed by atoms with Crippen LogP contribution in [0.3, 0.4) is 0 Å². The Bertz CT molecular complexity index is 359. The number of hydrogen-bond donors (Lipinski definition) is 2. The monoisotopic (exact) mass is 294 g/mol. The topological polar surface area (TPSA) is 52.6 Å². The van der Waals surface area contributed by atoms with Gasteiger partial charge in [0, 0.05) is 18.5 Å². The highest BCUT2D eigenvalue weighted by Gasteiger charge is 2.38. The lowest BCUT2D eigenvalue weighted by Crippen LogP contribution is -2.56. The van der Waals surface area contributed by atoms with Crippen molar-refractivity contribution in [2.24, 2.45) is 5.92 Å². The molecule has 0 spiro atoms. The first-order valence-electron chi connectivity index (χ1n) is 8.47. The molecule has 0 bridgehead atoms. The molecule has 120 valence electrons. The Morgan fingerprint density at radius 2 is 2.05 bits per heavy atom. The molecule has 0 radical (unpaired) electrons. The predicted octanol–water partition coefficient (Wildman–Crippen LogP) is 2.08. The van der Waals surface area contributed by atoms with E-state index in [1.54, 1.807) is 6.08 Å². The quantitative estimate of drug-likeness (QED) is 0.763. The molecular weight excluding hydrogens is 264 g/mol. The van der Waals surface area contributed by atoms with E-state index < -0.39 is 0 Å². The van der Waals surface area contributed by atoms with E-state index in [4.69, 9.17) is 0 Å². The molecule has 1 saturated heterocycles. The molecule has 4 unspecified atom stereocenters. The highest BCUT2D eigenvalue weighted by Crippen LogP contribution is 2.34. The van der Waals surface area contributed by atoms with Gasteiger partial charge in [-0.1, -0.05) is 25.3 Å². The molecular formula is C17H30N2O2. The van der Waals surface area contributed by atoms with Gasteiger partial charge >= 0.3 is 0 Å². The third-order valence-corrected chi connectivity index (χ3v) is 5.17. The number of rotatable bonds is 5. The number of carbonyl (C=O) groups is 1. The van der Waals surface area contributed by atoms with Gasteiger partial charge in [-0.05, 0) is 39.2 Å². The van der Waals surface area contributed by atoms with Gasteiger partial charge in [-0.25, -0.2) is 0 Å². The zero-order valence-electron chi connectivity index (χ0n) is 13.3. The molecule has 0 aromatic carbocycles. The lowest BCUT2D eigenvalue weighted by atomic mass is 9.77. The SMILES string of the molecule is C=CCNC(=O)C(C)N1CCCCC1C1CCCCC1O. The van der Waals surface area contributed by atoms with Gasteiger partial charge in [0.1, 0.15) is 0 Å². The van der Waals surface area contributed by atoms with Crippen LogP contribution in [0.15, 0.2) is 12.7 Å². The van der Waals surface area contributed by atoms with Crippen molar-refractivity contribution < 1.29 is 9.90 Å². The van der Waals surface area contributed by atoms with Gasteiger partial charge in [0.25, 0.3) is 0 Å². The van der Waals surface area contributed by atoms with Crippen molar-refractivity contribution >= 4 is 5.91 Å². The number of carbonyl (C=O) groups excluding carboxylic acids is 1. The van der Waals surface area contributed by atoms with Gasteiger partial charge in [0.05, 0.1) is 12.1 Å². The first-order valence-corrected chi connectivity index (χ1v) is 8.47. The van der Waals surface area contributed by atoms with E-state index in [1.165, 1.54) is 12.8 Å². The van der Waals surface area contributed by atoms with Crippen molar-refractivity contribution in [3.63, 3.8) is 0 Å². The van der Waals surface area contributed by atoms with Gasteiger partial charge in [0.2, 0.25) is 5.91 Å². The molecule has 2 N–H and O–H groups in total. The second-order valence-corrected chi connectivity index (χ2v) is 6.53. The molecule has 4 heteroatoms. The van der Waals surface area contributed by atoms with Crippen molar-refractivity contribution in [2.45, 2.75) is 70.1 Å². The van der Waals surface area contributed by atoms with Gasteiger partial charge in [-0.15, -0.1) is 6.58 Å². The van der Waals surface area contributed by atoms with Crippen LogP contribution in [0.25, 0.3) is 0 Å². The van der Waals surface area contributed by atoms with Crippen LogP contribution in [0.2, 0.25) is 0 Å². The standard InChI is InChI=1S/C17H30N2O2/c1-3-11-18-17(21)13(2)19-12-7-6-9-15(19)14-8-4-5-10-16(14)20/h3,13-16,20H,1,4-12H2,2H3,(H,18,21). The highest BCUT2D eigenvalue weighted by molar-refractivity contribution is 5.81. The third-order valence-electron chi connectivity index (χ3n) is 5.17. The molecule has 2 fully saturated rings. The van der Waals surface area contributed by atoms with Crippen LogP contribution >= 0.6 is 0 Å². The fourth-order valence-corrected chi connectivity index (χ4v) is 3.98. The molecule has 21 heavy (non-hydrogen) atoms. The summed E-state index contributed by atoms with van der Waals surface area (Å²) in [6, 6.07) is 0.239. The average molecular weight is 294 g/mol. The smallest absolute Gasteiger partial charge is 0.237 e. The number of nitrogens with zero attached hydrogens (tertiary/aromatic N) is 1. The summed E-state index contributed by atoms with van der Waals surface area (Å²) in [4.78, 5) is 14.6. The minimum absolute atomic E-state index is 0.0760. The van der Waals surface area contributed by atoms with E-state index in [2.05, 4.69) is 16.8 Å². The summed E-state index contributed by atoms with van der Waals surface area (Å²) in [6.07, 6.45) is 9.37. The molecule has 1 saturated carbocycles. The lowest BCUT2D eigenvalue weighted by molar-refractivity contribution is -0.128. The second kappa shape index (κ2) is 7.95. The van der Waals surface area contributed by atoms with E-state index in [-0.39, 0.29) is 18.1 Å². The van der Waals surface area contributed by atoms with Crippen molar-refractivity contribution in [1.29, 1.82) is 0 Å². The molecule has 0 aromatic heterocycles. The van der Waals surface area contributed by atoms with Gasteiger partial charge in [-0.3, -0.25) is 9.69 Å². The molecule has 2 rings (SSSR count). The number of amides is 1. The van der Waals surface area contributed by atoms with Crippen LogP contribution < -0.4 is 5.32 Å². The van der Waals surface area contributed by atoms with Crippen LogP contribution in [0.1, 0.15) is 51.9 Å². The van der Waals surface area contributed by atoms with Crippen LogP contribution in [-0.4, -0.2) is 47.2 Å². The first-order chi connectivity index (χ1) is 10.1. The summed E-state index contributed by atoms with van der Waals surface area (Å²) < 4.78 is 0. The third kappa shape index (κ3) is 4.07. The van der Waals surface area contributed by atoms with Gasteiger partial charge in [0.15, 0.2) is 0 Å². The largest absolute Gasteiger partial charge is 0.393 e. The number of nitrogens with one attached hydrogen (secondary N) is 1. The molecule has 1 aliphatic heterocycles. The maximum Gasteiger partial charge on any atom is 0.237 e. The Balaban J connectivity index is 2.03. The Hall–Kier alpha value is -0.870. The molecule has 1 heterocycles. The van der Waals surface area contributed by atoms with Gasteiger partial charge in [-0.2, -0.15) is 0 Å². The maximum absolute atomic E-state index is 12.2. The summed E-state index contributed by atoms with van der Waals surface area (Å²) in [5.41, 5.74) is 0. The van der Waals surface area contributed by atoms with Gasteiger partial charge < -0.3 is 10.4 Å². The Morgan fingerprint density at radius 1 is 1.33 bits per heavy atom. The van der Waals surface area contributed by atoms with E-state index in [0.29, 0.717) is 18.5 Å². The number of aliphatic hydroxyl groups is 1. The van der Waals surface area contributed by atoms with E-state index in [1.807, 2.05) is 6.92 Å². The number of piperidine rings is 1. The average Bonchev–Trinajstić information content (AvgIpc) is 2.52. The number of aliphatic hydroxyl groups excluding tert-OH is 1. The predicted molar refractivity (Wildman–Crippen MR) is 85.0 cm³/mol.